The fraction of sp³-hybridized carbons (Fsp3) is 0.316. The lowest BCUT2D eigenvalue weighted by Crippen LogP contribution is -2.17. The average molecular weight is 313 g/mol. The molecule has 2 saturated carbocycles. The normalized spacial score (nSPS) is 22.7. The summed E-state index contributed by atoms with van der Waals surface area (Å²) in [6, 6.07) is 11.1. The monoisotopic (exact) mass is 313 g/mol. The molecule has 2 aromatic carbocycles. The quantitative estimate of drug-likeness (QED) is 0.877. The molecule has 0 bridgehead atoms. The van der Waals surface area contributed by atoms with Crippen molar-refractivity contribution in [1.82, 2.24) is 0 Å². The zero-order valence-electron chi connectivity index (χ0n) is 12.6. The molecule has 0 saturated heterocycles. The van der Waals surface area contributed by atoms with Crippen molar-refractivity contribution in [2.24, 2.45) is 17.8 Å². The Hall–Kier alpha value is -2.23. The molecule has 1 amide bonds. The number of hydrogen-bond donors (Lipinski definition) is 1. The van der Waals surface area contributed by atoms with Crippen molar-refractivity contribution in [2.75, 3.05) is 5.32 Å². The second-order valence-corrected chi connectivity index (χ2v) is 6.51. The van der Waals surface area contributed by atoms with Crippen LogP contribution in [0.2, 0.25) is 0 Å². The van der Waals surface area contributed by atoms with Gasteiger partial charge >= 0.3 is 0 Å². The number of benzene rings is 2. The topological polar surface area (TPSA) is 29.1 Å². The molecule has 2 aliphatic carbocycles. The van der Waals surface area contributed by atoms with E-state index in [-0.39, 0.29) is 17.5 Å². The third kappa shape index (κ3) is 2.85. The van der Waals surface area contributed by atoms with Gasteiger partial charge in [0.15, 0.2) is 0 Å². The summed E-state index contributed by atoms with van der Waals surface area (Å²) in [6.45, 7) is 0. The van der Waals surface area contributed by atoms with E-state index < -0.39 is 11.6 Å². The molecule has 2 aliphatic rings. The van der Waals surface area contributed by atoms with Gasteiger partial charge in [-0.1, -0.05) is 30.3 Å². The molecule has 2 nitrogen and oxygen atoms in total. The maximum Gasteiger partial charge on any atom is 0.227 e. The van der Waals surface area contributed by atoms with Crippen molar-refractivity contribution in [3.05, 3.63) is 54.1 Å². The lowest BCUT2D eigenvalue weighted by atomic mass is 10.0. The van der Waals surface area contributed by atoms with Gasteiger partial charge in [-0.05, 0) is 42.7 Å². The van der Waals surface area contributed by atoms with Gasteiger partial charge in [-0.15, -0.1) is 0 Å². The molecule has 23 heavy (non-hydrogen) atoms. The Kier molecular flexibility index (Phi) is 3.40. The van der Waals surface area contributed by atoms with Gasteiger partial charge in [0.2, 0.25) is 5.91 Å². The largest absolute Gasteiger partial charge is 0.323 e. The zero-order valence-corrected chi connectivity index (χ0v) is 12.6. The van der Waals surface area contributed by atoms with Crippen LogP contribution in [0.15, 0.2) is 42.5 Å². The number of nitrogens with one attached hydrogen (secondary N) is 1. The lowest BCUT2D eigenvalue weighted by Gasteiger charge is -2.13. The van der Waals surface area contributed by atoms with Gasteiger partial charge in [-0.3, -0.25) is 4.79 Å². The molecule has 0 unspecified atom stereocenters. The number of halogens is 2. The van der Waals surface area contributed by atoms with Gasteiger partial charge in [-0.2, -0.15) is 0 Å². The van der Waals surface area contributed by atoms with Crippen molar-refractivity contribution in [3.63, 3.8) is 0 Å². The first-order chi connectivity index (χ1) is 11.1. The van der Waals surface area contributed by atoms with E-state index in [1.54, 1.807) is 24.3 Å². The number of carbonyl (C=O) groups excluding carboxylic acids is 1. The first-order valence-electron chi connectivity index (χ1n) is 7.99. The van der Waals surface area contributed by atoms with Crippen LogP contribution in [0, 0.1) is 29.4 Å². The Labute approximate surface area is 133 Å². The van der Waals surface area contributed by atoms with Crippen LogP contribution in [-0.4, -0.2) is 5.91 Å². The van der Waals surface area contributed by atoms with Crippen molar-refractivity contribution in [2.45, 2.75) is 19.3 Å². The summed E-state index contributed by atoms with van der Waals surface area (Å²) in [6.07, 6.45) is 3.29. The fourth-order valence-electron chi connectivity index (χ4n) is 3.32. The molecule has 4 heteroatoms. The molecule has 4 rings (SSSR count). The Bertz CT molecular complexity index is 755. The fourth-order valence-corrected chi connectivity index (χ4v) is 3.32. The Morgan fingerprint density at radius 2 is 1.83 bits per heavy atom. The summed E-state index contributed by atoms with van der Waals surface area (Å²) >= 11 is 0. The van der Waals surface area contributed by atoms with E-state index >= 15 is 0 Å². The van der Waals surface area contributed by atoms with Crippen LogP contribution < -0.4 is 5.32 Å². The molecular weight excluding hydrogens is 296 g/mol. The van der Waals surface area contributed by atoms with Gasteiger partial charge < -0.3 is 5.32 Å². The second kappa shape index (κ2) is 5.44. The molecule has 1 N–H and O–H groups in total. The molecule has 0 spiro atoms. The highest BCUT2D eigenvalue weighted by atomic mass is 19.1. The SMILES string of the molecule is O=C(Nc1c(F)cc(F)cc1-c1ccccc1)[C@H]1C[C@H]1C1CC1. The molecule has 118 valence electrons. The highest BCUT2D eigenvalue weighted by molar-refractivity contribution is 5.98. The second-order valence-electron chi connectivity index (χ2n) is 6.51. The van der Waals surface area contributed by atoms with Gasteiger partial charge in [0.05, 0.1) is 5.69 Å². The Morgan fingerprint density at radius 3 is 2.52 bits per heavy atom. The van der Waals surface area contributed by atoms with Crippen LogP contribution in [0.3, 0.4) is 0 Å². The van der Waals surface area contributed by atoms with Crippen LogP contribution in [-0.2, 0) is 4.79 Å². The zero-order chi connectivity index (χ0) is 16.0. The lowest BCUT2D eigenvalue weighted by molar-refractivity contribution is -0.117. The summed E-state index contributed by atoms with van der Waals surface area (Å²) in [4.78, 5) is 12.4. The number of anilines is 1. The van der Waals surface area contributed by atoms with Crippen LogP contribution in [0.1, 0.15) is 19.3 Å². The summed E-state index contributed by atoms with van der Waals surface area (Å²) in [5, 5.41) is 2.70. The third-order valence-electron chi connectivity index (χ3n) is 4.79. The minimum atomic E-state index is -0.735. The molecule has 0 radical (unpaired) electrons. The standard InChI is InChI=1S/C19H17F2NO/c20-13-8-15(11-4-2-1-3-5-11)18(17(21)9-13)22-19(23)16-10-14(16)12-6-7-12/h1-5,8-9,12,14,16H,6-7,10H2,(H,22,23)/t14-,16-/m0/s1. The van der Waals surface area contributed by atoms with Gasteiger partial charge in [0.1, 0.15) is 11.6 Å². The highest BCUT2D eigenvalue weighted by Gasteiger charge is 2.51. The minimum Gasteiger partial charge on any atom is -0.323 e. The predicted octanol–water partition coefficient (Wildman–Crippen LogP) is 4.62. The predicted molar refractivity (Wildman–Crippen MR) is 84.7 cm³/mol. The maximum atomic E-state index is 14.3. The first kappa shape index (κ1) is 14.4. The molecule has 0 heterocycles. The minimum absolute atomic E-state index is 0.0180. The number of carbonyl (C=O) groups is 1. The summed E-state index contributed by atoms with van der Waals surface area (Å²) < 4.78 is 27.9. The molecular formula is C19H17F2NO. The maximum absolute atomic E-state index is 14.3. The average Bonchev–Trinajstić information content (AvgIpc) is 3.41. The molecule has 2 fully saturated rings. The molecule has 2 atom stereocenters. The van der Waals surface area contributed by atoms with Crippen molar-refractivity contribution < 1.29 is 13.6 Å². The van der Waals surface area contributed by atoms with E-state index in [0.717, 1.165) is 12.5 Å². The van der Waals surface area contributed by atoms with E-state index in [0.29, 0.717) is 23.0 Å². The van der Waals surface area contributed by atoms with Crippen molar-refractivity contribution in [3.8, 4) is 11.1 Å². The van der Waals surface area contributed by atoms with Crippen LogP contribution in [0.5, 0.6) is 0 Å². The van der Waals surface area contributed by atoms with Crippen LogP contribution in [0.4, 0.5) is 14.5 Å². The Morgan fingerprint density at radius 1 is 1.09 bits per heavy atom. The summed E-state index contributed by atoms with van der Waals surface area (Å²) in [5.74, 6) is -0.418. The summed E-state index contributed by atoms with van der Waals surface area (Å²) in [5.41, 5.74) is 1.12. The van der Waals surface area contributed by atoms with Crippen molar-refractivity contribution >= 4 is 11.6 Å². The summed E-state index contributed by atoms with van der Waals surface area (Å²) in [7, 11) is 0. The number of hydrogen-bond acceptors (Lipinski definition) is 1. The van der Waals surface area contributed by atoms with E-state index in [2.05, 4.69) is 5.32 Å². The van der Waals surface area contributed by atoms with Crippen LogP contribution in [0.25, 0.3) is 11.1 Å². The molecule has 0 aromatic heterocycles. The van der Waals surface area contributed by atoms with E-state index in [1.807, 2.05) is 6.07 Å². The van der Waals surface area contributed by atoms with E-state index in [4.69, 9.17) is 0 Å². The number of rotatable bonds is 4. The van der Waals surface area contributed by atoms with Gasteiger partial charge in [0, 0.05) is 17.5 Å². The van der Waals surface area contributed by atoms with Gasteiger partial charge in [0.25, 0.3) is 0 Å². The first-order valence-corrected chi connectivity index (χ1v) is 7.99. The smallest absolute Gasteiger partial charge is 0.227 e. The van der Waals surface area contributed by atoms with E-state index in [9.17, 15) is 13.6 Å². The van der Waals surface area contributed by atoms with Crippen LogP contribution >= 0.6 is 0 Å². The third-order valence-corrected chi connectivity index (χ3v) is 4.79. The Balaban J connectivity index is 1.63. The van der Waals surface area contributed by atoms with Gasteiger partial charge in [-0.25, -0.2) is 8.78 Å². The highest BCUT2D eigenvalue weighted by Crippen LogP contribution is 2.54. The van der Waals surface area contributed by atoms with E-state index in [1.165, 1.54) is 18.9 Å². The molecule has 2 aromatic rings. The molecule has 0 aliphatic heterocycles. The number of amides is 1. The van der Waals surface area contributed by atoms with Crippen molar-refractivity contribution in [1.29, 1.82) is 0 Å².